The molecule has 1 amide bonds. The molecule has 1 aromatic heterocycles. The summed E-state index contributed by atoms with van der Waals surface area (Å²) in [5, 5.41) is 3.43. The van der Waals surface area contributed by atoms with Crippen LogP contribution in [0, 0.1) is 11.8 Å². The molecule has 0 bridgehead atoms. The fourth-order valence-corrected chi connectivity index (χ4v) is 4.63. The molecule has 0 spiro atoms. The van der Waals surface area contributed by atoms with Crippen molar-refractivity contribution >= 4 is 28.7 Å². The highest BCUT2D eigenvalue weighted by molar-refractivity contribution is 8.13. The average Bonchev–Trinajstić information content (AvgIpc) is 3.09. The third-order valence-corrected chi connectivity index (χ3v) is 7.21. The van der Waals surface area contributed by atoms with Gasteiger partial charge < -0.3 is 10.2 Å². The molecule has 0 saturated carbocycles. The van der Waals surface area contributed by atoms with Crippen molar-refractivity contribution in [1.29, 1.82) is 0 Å². The van der Waals surface area contributed by atoms with Crippen LogP contribution in [-0.4, -0.2) is 35.1 Å². The van der Waals surface area contributed by atoms with Crippen molar-refractivity contribution in [3.05, 3.63) is 48.4 Å². The second-order valence-corrected chi connectivity index (χ2v) is 11.3. The number of carbonyl (C=O) groups excluding carboxylic acids is 1. The third kappa shape index (κ3) is 6.62. The Labute approximate surface area is 204 Å². The number of nitrogens with one attached hydrogen (secondary N) is 2. The van der Waals surface area contributed by atoms with Crippen LogP contribution in [0.4, 0.5) is 5.82 Å². The van der Waals surface area contributed by atoms with Gasteiger partial charge in [-0.1, -0.05) is 54.2 Å². The molecule has 1 saturated heterocycles. The Balaban J connectivity index is 2.43. The van der Waals surface area contributed by atoms with Gasteiger partial charge in [0.05, 0.1) is 5.56 Å². The number of nitrogens with zero attached hydrogens (tertiary/aromatic N) is 3. The maximum absolute atomic E-state index is 13.3. The van der Waals surface area contributed by atoms with Crippen LogP contribution in [0.3, 0.4) is 0 Å². The number of hydrogen-bond acceptors (Lipinski definition) is 6. The topological polar surface area (TPSA) is 69.6 Å². The number of rotatable bonds is 7. The summed E-state index contributed by atoms with van der Waals surface area (Å²) < 4.78 is 2.91. The second-order valence-electron chi connectivity index (χ2n) is 10.5. The first-order chi connectivity index (χ1) is 15.3. The Bertz CT molecular complexity index is 916. The number of aliphatic imine (C=N–C) groups is 1. The van der Waals surface area contributed by atoms with E-state index in [9.17, 15) is 4.79 Å². The number of carbonyl (C=O) groups is 1. The fourth-order valence-electron chi connectivity index (χ4n) is 4.09. The van der Waals surface area contributed by atoms with Crippen LogP contribution in [-0.2, 0) is 5.41 Å². The molecule has 182 valence electrons. The van der Waals surface area contributed by atoms with E-state index < -0.39 is 0 Å². The molecular formula is C26H41N5OS. The predicted molar refractivity (Wildman–Crippen MR) is 143 cm³/mol. The zero-order valence-corrected chi connectivity index (χ0v) is 22.4. The molecule has 2 heterocycles. The first kappa shape index (κ1) is 27.0. The largest absolute Gasteiger partial charge is 0.374 e. The van der Waals surface area contributed by atoms with Gasteiger partial charge in [0.2, 0.25) is 0 Å². The number of pyridine rings is 1. The van der Waals surface area contributed by atoms with Gasteiger partial charge in [-0.25, -0.2) is 9.98 Å². The molecule has 2 unspecified atom stereocenters. The van der Waals surface area contributed by atoms with E-state index in [1.54, 1.807) is 13.1 Å². The molecule has 7 heteroatoms. The minimum Gasteiger partial charge on any atom is -0.374 e. The van der Waals surface area contributed by atoms with Gasteiger partial charge in [-0.05, 0) is 50.3 Å². The third-order valence-electron chi connectivity index (χ3n) is 6.46. The fraction of sp³-hybridized carbons (Fsp3) is 0.577. The molecule has 1 aliphatic rings. The van der Waals surface area contributed by atoms with Crippen molar-refractivity contribution in [1.82, 2.24) is 15.0 Å². The molecule has 33 heavy (non-hydrogen) atoms. The lowest BCUT2D eigenvalue weighted by Gasteiger charge is -2.34. The van der Waals surface area contributed by atoms with Gasteiger partial charge in [0.25, 0.3) is 5.91 Å². The summed E-state index contributed by atoms with van der Waals surface area (Å²) >= 11 is 1.12. The molecule has 0 aliphatic carbocycles. The van der Waals surface area contributed by atoms with Crippen LogP contribution < -0.4 is 14.9 Å². The van der Waals surface area contributed by atoms with Crippen molar-refractivity contribution in [2.45, 2.75) is 72.3 Å². The van der Waals surface area contributed by atoms with E-state index in [-0.39, 0.29) is 16.9 Å². The average molecular weight is 472 g/mol. The summed E-state index contributed by atoms with van der Waals surface area (Å²) in [5.41, 5.74) is 1.35. The second kappa shape index (κ2) is 10.8. The van der Waals surface area contributed by atoms with Crippen molar-refractivity contribution in [2.24, 2.45) is 16.8 Å². The quantitative estimate of drug-likeness (QED) is 0.304. The van der Waals surface area contributed by atoms with Crippen molar-refractivity contribution < 1.29 is 4.79 Å². The molecule has 6 nitrogen and oxygen atoms in total. The molecule has 1 fully saturated rings. The molecule has 0 aromatic carbocycles. The van der Waals surface area contributed by atoms with E-state index in [1.165, 1.54) is 0 Å². The van der Waals surface area contributed by atoms with E-state index in [0.29, 0.717) is 28.3 Å². The normalized spacial score (nSPS) is 19.2. The summed E-state index contributed by atoms with van der Waals surface area (Å²) in [6.45, 7) is 24.0. The molecule has 0 radical (unpaired) electrons. The SMILES string of the molecule is C=C/C(=N\C(=C)NC)SNC(=O)c1ccc(C(C)(C)C)nc1N1CC(C(C)CC)CC1(C)C. The Kier molecular flexibility index (Phi) is 8.80. The highest BCUT2D eigenvalue weighted by Gasteiger charge is 2.42. The Morgan fingerprint density at radius 1 is 1.42 bits per heavy atom. The van der Waals surface area contributed by atoms with Gasteiger partial charge in [-0.15, -0.1) is 0 Å². The number of amides is 1. The maximum atomic E-state index is 13.3. The van der Waals surface area contributed by atoms with Crippen molar-refractivity contribution in [3.8, 4) is 0 Å². The van der Waals surface area contributed by atoms with E-state index >= 15 is 0 Å². The van der Waals surface area contributed by atoms with Crippen LogP contribution >= 0.6 is 11.9 Å². The maximum Gasteiger partial charge on any atom is 0.265 e. The molecule has 2 rings (SSSR count). The molecule has 2 N–H and O–H groups in total. The summed E-state index contributed by atoms with van der Waals surface area (Å²) in [7, 11) is 1.75. The predicted octanol–water partition coefficient (Wildman–Crippen LogP) is 5.68. The highest BCUT2D eigenvalue weighted by Crippen LogP contribution is 2.41. The summed E-state index contributed by atoms with van der Waals surface area (Å²) in [6, 6.07) is 3.87. The first-order valence-corrected chi connectivity index (χ1v) is 12.5. The van der Waals surface area contributed by atoms with Gasteiger partial charge in [0.15, 0.2) is 0 Å². The smallest absolute Gasteiger partial charge is 0.265 e. The van der Waals surface area contributed by atoms with Crippen LogP contribution in [0.5, 0.6) is 0 Å². The van der Waals surface area contributed by atoms with Crippen molar-refractivity contribution in [3.63, 3.8) is 0 Å². The van der Waals surface area contributed by atoms with Gasteiger partial charge in [0, 0.05) is 42.2 Å². The monoisotopic (exact) mass is 471 g/mol. The van der Waals surface area contributed by atoms with E-state index in [2.05, 4.69) is 81.6 Å². The summed E-state index contributed by atoms with van der Waals surface area (Å²) in [5.74, 6) is 2.25. The van der Waals surface area contributed by atoms with Gasteiger partial charge in [-0.3, -0.25) is 9.52 Å². The van der Waals surface area contributed by atoms with Crippen molar-refractivity contribution in [2.75, 3.05) is 18.5 Å². The lowest BCUT2D eigenvalue weighted by Crippen LogP contribution is -2.40. The molecular weight excluding hydrogens is 430 g/mol. The summed E-state index contributed by atoms with van der Waals surface area (Å²) in [4.78, 5) is 25.0. The van der Waals surface area contributed by atoms with E-state index in [4.69, 9.17) is 4.98 Å². The lowest BCUT2D eigenvalue weighted by atomic mass is 9.86. The standard InChI is InChI=1S/C26H41N5OS/c1-11-17(3)19-15-26(8,9)31(16-19)23-20(13-14-21(29-23)25(5,6)7)24(32)30-33-22(12-2)28-18(4)27-10/h12-14,17,19,27H,2,4,11,15-16H2,1,3,5-10H3,(H,30,32)/b28-22+. The van der Waals surface area contributed by atoms with Gasteiger partial charge >= 0.3 is 0 Å². The Morgan fingerprint density at radius 2 is 2.09 bits per heavy atom. The number of anilines is 1. The minimum absolute atomic E-state index is 0.0853. The van der Waals surface area contributed by atoms with Crippen LogP contribution in [0.1, 0.15) is 77.4 Å². The Hall–Kier alpha value is -2.28. The van der Waals surface area contributed by atoms with E-state index in [0.717, 1.165) is 42.8 Å². The number of aromatic nitrogens is 1. The van der Waals surface area contributed by atoms with Crippen LogP contribution in [0.15, 0.2) is 42.2 Å². The van der Waals surface area contributed by atoms with Gasteiger partial charge in [-0.2, -0.15) is 0 Å². The highest BCUT2D eigenvalue weighted by atomic mass is 32.2. The van der Waals surface area contributed by atoms with Gasteiger partial charge in [0.1, 0.15) is 16.7 Å². The summed E-state index contributed by atoms with van der Waals surface area (Å²) in [6.07, 6.45) is 3.82. The van der Waals surface area contributed by atoms with Crippen LogP contribution in [0.2, 0.25) is 0 Å². The van der Waals surface area contributed by atoms with E-state index in [1.807, 2.05) is 12.1 Å². The number of hydrogen-bond donors (Lipinski definition) is 2. The first-order valence-electron chi connectivity index (χ1n) is 11.7. The zero-order valence-electron chi connectivity index (χ0n) is 21.6. The Morgan fingerprint density at radius 3 is 2.64 bits per heavy atom. The van der Waals surface area contributed by atoms with Crippen LogP contribution in [0.25, 0.3) is 0 Å². The molecule has 1 aliphatic heterocycles. The minimum atomic E-state index is -0.199. The zero-order chi connectivity index (χ0) is 25.0. The molecule has 2 atom stereocenters. The molecule has 1 aromatic rings. The lowest BCUT2D eigenvalue weighted by molar-refractivity contribution is 0.0984.